The van der Waals surface area contributed by atoms with Gasteiger partial charge in [0.2, 0.25) is 0 Å². The second-order valence-corrected chi connectivity index (χ2v) is 6.54. The summed E-state index contributed by atoms with van der Waals surface area (Å²) in [5.74, 6) is 0.888. The van der Waals surface area contributed by atoms with Crippen LogP contribution < -0.4 is 4.74 Å². The topological polar surface area (TPSA) is 40.7 Å². The fourth-order valence-corrected chi connectivity index (χ4v) is 3.86. The van der Waals surface area contributed by atoms with Gasteiger partial charge in [0.1, 0.15) is 11.8 Å². The van der Waals surface area contributed by atoms with E-state index < -0.39 is 0 Å². The summed E-state index contributed by atoms with van der Waals surface area (Å²) in [6.45, 7) is 1.87. The number of benzene rings is 1. The molecule has 3 heterocycles. The number of fused-ring (bicyclic) bond motifs is 1. The van der Waals surface area contributed by atoms with E-state index in [9.17, 15) is 5.26 Å². The average Bonchev–Trinajstić information content (AvgIpc) is 3.26. The van der Waals surface area contributed by atoms with Crippen LogP contribution in [0.3, 0.4) is 0 Å². The van der Waals surface area contributed by atoms with Gasteiger partial charge in [-0.2, -0.15) is 5.26 Å². The number of ether oxygens (including phenoxy) is 1. The monoisotopic (exact) mass is 331 g/mol. The van der Waals surface area contributed by atoms with Gasteiger partial charge in [-0.05, 0) is 49.2 Å². The molecule has 0 unspecified atom stereocenters. The zero-order valence-corrected chi connectivity index (χ0v) is 14.4. The molecule has 0 amide bonds. The number of nitriles is 1. The van der Waals surface area contributed by atoms with Crippen LogP contribution in [0.4, 0.5) is 0 Å². The number of rotatable bonds is 4. The van der Waals surface area contributed by atoms with E-state index in [1.54, 1.807) is 7.11 Å². The highest BCUT2D eigenvalue weighted by Gasteiger charge is 2.27. The molecule has 4 rings (SSSR count). The van der Waals surface area contributed by atoms with Crippen molar-refractivity contribution in [3.63, 3.8) is 0 Å². The van der Waals surface area contributed by atoms with Gasteiger partial charge in [-0.1, -0.05) is 18.2 Å². The standard InChI is InChI=1S/C21H21N3O/c1-25-18-9-7-16(8-10-18)20-6-4-12-23(20)14-17-15-24-11-3-2-5-21(24)19(17)13-22/h2-3,5,7-11,15,20H,4,6,12,14H2,1H3/t20-/m0/s1. The Hall–Kier alpha value is -2.77. The molecule has 1 saturated heterocycles. The van der Waals surface area contributed by atoms with Crippen molar-refractivity contribution in [1.82, 2.24) is 9.30 Å². The van der Waals surface area contributed by atoms with Gasteiger partial charge in [0.15, 0.2) is 0 Å². The van der Waals surface area contributed by atoms with Gasteiger partial charge >= 0.3 is 0 Å². The Morgan fingerprint density at radius 3 is 2.80 bits per heavy atom. The minimum Gasteiger partial charge on any atom is -0.497 e. The van der Waals surface area contributed by atoms with Gasteiger partial charge in [0, 0.05) is 30.5 Å². The van der Waals surface area contributed by atoms with Gasteiger partial charge in [0.25, 0.3) is 0 Å². The first-order valence-corrected chi connectivity index (χ1v) is 8.67. The van der Waals surface area contributed by atoms with Crippen molar-refractivity contribution in [2.24, 2.45) is 0 Å². The van der Waals surface area contributed by atoms with E-state index in [0.29, 0.717) is 6.04 Å². The second-order valence-electron chi connectivity index (χ2n) is 6.54. The minimum atomic E-state index is 0.403. The Kier molecular flexibility index (Phi) is 4.17. The van der Waals surface area contributed by atoms with Crippen molar-refractivity contribution < 1.29 is 4.74 Å². The van der Waals surface area contributed by atoms with Crippen molar-refractivity contribution >= 4 is 5.52 Å². The van der Waals surface area contributed by atoms with Crippen LogP contribution in [-0.2, 0) is 6.54 Å². The summed E-state index contributed by atoms with van der Waals surface area (Å²) in [6, 6.07) is 17.2. The summed E-state index contributed by atoms with van der Waals surface area (Å²) in [7, 11) is 1.69. The van der Waals surface area contributed by atoms with Crippen LogP contribution in [-0.4, -0.2) is 23.0 Å². The Morgan fingerprint density at radius 1 is 1.20 bits per heavy atom. The number of likely N-dealkylation sites (tertiary alicyclic amines) is 1. The molecule has 0 N–H and O–H groups in total. The molecule has 1 aliphatic heterocycles. The predicted octanol–water partition coefficient (Wildman–Crippen LogP) is 4.16. The van der Waals surface area contributed by atoms with E-state index in [0.717, 1.165) is 41.9 Å². The Bertz CT molecular complexity index is 920. The van der Waals surface area contributed by atoms with Crippen LogP contribution in [0.15, 0.2) is 54.9 Å². The lowest BCUT2D eigenvalue weighted by Crippen LogP contribution is -2.22. The van der Waals surface area contributed by atoms with E-state index in [2.05, 4.69) is 29.3 Å². The molecule has 126 valence electrons. The van der Waals surface area contributed by atoms with Crippen molar-refractivity contribution in [2.75, 3.05) is 13.7 Å². The molecule has 0 radical (unpaired) electrons. The summed E-state index contributed by atoms with van der Waals surface area (Å²) < 4.78 is 7.31. The maximum atomic E-state index is 9.62. The van der Waals surface area contributed by atoms with E-state index in [4.69, 9.17) is 4.74 Å². The van der Waals surface area contributed by atoms with Gasteiger partial charge in [-0.3, -0.25) is 4.90 Å². The molecule has 25 heavy (non-hydrogen) atoms. The molecule has 0 aliphatic carbocycles. The molecule has 4 heteroatoms. The van der Waals surface area contributed by atoms with Crippen LogP contribution >= 0.6 is 0 Å². The minimum absolute atomic E-state index is 0.403. The molecule has 1 fully saturated rings. The molecule has 2 aromatic heterocycles. The van der Waals surface area contributed by atoms with Gasteiger partial charge in [-0.15, -0.1) is 0 Å². The van der Waals surface area contributed by atoms with Crippen molar-refractivity contribution in [2.45, 2.75) is 25.4 Å². The van der Waals surface area contributed by atoms with E-state index in [1.165, 1.54) is 12.0 Å². The number of nitrogens with zero attached hydrogens (tertiary/aromatic N) is 3. The molecule has 1 aliphatic rings. The SMILES string of the molecule is COc1ccc([C@@H]2CCCN2Cc2cn3ccccc3c2C#N)cc1. The largest absolute Gasteiger partial charge is 0.497 e. The third kappa shape index (κ3) is 2.88. The lowest BCUT2D eigenvalue weighted by atomic mass is 10.0. The molecule has 4 nitrogen and oxygen atoms in total. The van der Waals surface area contributed by atoms with Gasteiger partial charge in [-0.25, -0.2) is 0 Å². The molecular weight excluding hydrogens is 310 g/mol. The van der Waals surface area contributed by atoms with Crippen molar-refractivity contribution in [3.8, 4) is 11.8 Å². The van der Waals surface area contributed by atoms with E-state index in [-0.39, 0.29) is 0 Å². The number of pyridine rings is 1. The Morgan fingerprint density at radius 2 is 2.04 bits per heavy atom. The summed E-state index contributed by atoms with van der Waals surface area (Å²) in [4.78, 5) is 2.48. The highest BCUT2D eigenvalue weighted by molar-refractivity contribution is 5.65. The van der Waals surface area contributed by atoms with Crippen LogP contribution in [0.5, 0.6) is 5.75 Å². The highest BCUT2D eigenvalue weighted by Crippen LogP contribution is 2.34. The number of methoxy groups -OCH3 is 1. The first-order chi connectivity index (χ1) is 12.3. The quantitative estimate of drug-likeness (QED) is 0.721. The van der Waals surface area contributed by atoms with Crippen molar-refractivity contribution in [3.05, 3.63) is 71.5 Å². The number of aromatic nitrogens is 1. The second kappa shape index (κ2) is 6.62. The maximum Gasteiger partial charge on any atom is 0.118 e. The smallest absolute Gasteiger partial charge is 0.118 e. The first-order valence-electron chi connectivity index (χ1n) is 8.67. The normalized spacial score (nSPS) is 17.7. The third-order valence-electron chi connectivity index (χ3n) is 5.11. The average molecular weight is 331 g/mol. The molecular formula is C21H21N3O. The van der Waals surface area contributed by atoms with Crippen LogP contribution in [0.2, 0.25) is 0 Å². The Labute approximate surface area is 147 Å². The molecule has 0 bridgehead atoms. The fraction of sp³-hybridized carbons (Fsp3) is 0.286. The number of hydrogen-bond acceptors (Lipinski definition) is 3. The van der Waals surface area contributed by atoms with Crippen molar-refractivity contribution in [1.29, 1.82) is 5.26 Å². The Balaban J connectivity index is 1.62. The summed E-state index contributed by atoms with van der Waals surface area (Å²) in [6.07, 6.45) is 6.44. The molecule has 1 atom stereocenters. The fourth-order valence-electron chi connectivity index (χ4n) is 3.86. The maximum absolute atomic E-state index is 9.62. The highest BCUT2D eigenvalue weighted by atomic mass is 16.5. The van der Waals surface area contributed by atoms with Crippen LogP contribution in [0.25, 0.3) is 5.52 Å². The van der Waals surface area contributed by atoms with Gasteiger partial charge < -0.3 is 9.14 Å². The summed E-state index contributed by atoms with van der Waals surface area (Å²) >= 11 is 0. The van der Waals surface area contributed by atoms with E-state index in [1.807, 2.05) is 40.9 Å². The third-order valence-corrected chi connectivity index (χ3v) is 5.11. The van der Waals surface area contributed by atoms with Gasteiger partial charge in [0.05, 0.1) is 18.2 Å². The lowest BCUT2D eigenvalue weighted by Gasteiger charge is -2.24. The zero-order valence-electron chi connectivity index (χ0n) is 14.4. The molecule has 1 aromatic carbocycles. The summed E-state index contributed by atoms with van der Waals surface area (Å²) in [5.41, 5.74) is 4.20. The lowest BCUT2D eigenvalue weighted by molar-refractivity contribution is 0.248. The molecule has 0 spiro atoms. The molecule has 3 aromatic rings. The predicted molar refractivity (Wildman–Crippen MR) is 97.5 cm³/mol. The van der Waals surface area contributed by atoms with E-state index >= 15 is 0 Å². The molecule has 0 saturated carbocycles. The van der Waals surface area contributed by atoms with Crippen LogP contribution in [0.1, 0.15) is 35.6 Å². The van der Waals surface area contributed by atoms with Crippen LogP contribution in [0, 0.1) is 11.3 Å². The number of hydrogen-bond donors (Lipinski definition) is 0. The first kappa shape index (κ1) is 15.7. The zero-order chi connectivity index (χ0) is 17.2. The summed E-state index contributed by atoms with van der Waals surface area (Å²) in [5, 5.41) is 9.62.